The van der Waals surface area contributed by atoms with Gasteiger partial charge in [-0.3, -0.25) is 19.2 Å². The Morgan fingerprint density at radius 3 is 2.26 bits per heavy atom. The molecule has 50 heavy (non-hydrogen) atoms. The summed E-state index contributed by atoms with van der Waals surface area (Å²) < 4.78 is 56.1. The number of amides is 4. The summed E-state index contributed by atoms with van der Waals surface area (Å²) in [4.78, 5) is 56.3. The molecular formula is C37H41F4N5O4. The summed E-state index contributed by atoms with van der Waals surface area (Å²) >= 11 is 0. The normalized spacial score (nSPS) is 18.1. The molecule has 3 aromatic rings. The quantitative estimate of drug-likeness (QED) is 0.236. The zero-order valence-corrected chi connectivity index (χ0v) is 28.0. The molecule has 2 aliphatic rings. The van der Waals surface area contributed by atoms with Gasteiger partial charge in [0.15, 0.2) is 0 Å². The van der Waals surface area contributed by atoms with Gasteiger partial charge >= 0.3 is 6.18 Å². The molecule has 0 radical (unpaired) electrons. The number of rotatable bonds is 9. The van der Waals surface area contributed by atoms with Gasteiger partial charge in [-0.1, -0.05) is 43.2 Å². The first-order valence-corrected chi connectivity index (χ1v) is 16.7. The second kappa shape index (κ2) is 15.4. The number of halogens is 4. The van der Waals surface area contributed by atoms with Gasteiger partial charge in [0.05, 0.1) is 36.2 Å². The monoisotopic (exact) mass is 695 g/mol. The Kier molecular flexibility index (Phi) is 11.2. The Labute approximate surface area is 288 Å². The van der Waals surface area contributed by atoms with Gasteiger partial charge in [0.2, 0.25) is 17.7 Å². The number of aryl methyl sites for hydroxylation is 2. The highest BCUT2D eigenvalue weighted by Crippen LogP contribution is 2.40. The number of alkyl halides is 3. The van der Waals surface area contributed by atoms with Crippen molar-refractivity contribution >= 4 is 35.0 Å². The van der Waals surface area contributed by atoms with Crippen LogP contribution in [0.1, 0.15) is 77.2 Å². The number of nitrogens with zero attached hydrogens (tertiary/aromatic N) is 2. The third-order valence-corrected chi connectivity index (χ3v) is 9.57. The highest BCUT2D eigenvalue weighted by atomic mass is 19.4. The van der Waals surface area contributed by atoms with E-state index in [2.05, 4.69) is 10.6 Å². The average Bonchev–Trinajstić information content (AvgIpc) is 3.62. The van der Waals surface area contributed by atoms with Crippen LogP contribution in [0.5, 0.6) is 0 Å². The van der Waals surface area contributed by atoms with E-state index in [1.807, 2.05) is 0 Å². The molecule has 1 heterocycles. The lowest BCUT2D eigenvalue weighted by Crippen LogP contribution is -2.47. The van der Waals surface area contributed by atoms with Gasteiger partial charge in [0, 0.05) is 24.0 Å². The van der Waals surface area contributed by atoms with Crippen LogP contribution in [0.3, 0.4) is 0 Å². The van der Waals surface area contributed by atoms with E-state index in [0.29, 0.717) is 29.7 Å². The summed E-state index contributed by atoms with van der Waals surface area (Å²) in [6, 6.07) is 13.7. The van der Waals surface area contributed by atoms with Gasteiger partial charge in [-0.2, -0.15) is 13.2 Å². The van der Waals surface area contributed by atoms with Gasteiger partial charge < -0.3 is 26.2 Å². The summed E-state index contributed by atoms with van der Waals surface area (Å²) in [5.74, 6) is -3.58. The van der Waals surface area contributed by atoms with E-state index in [4.69, 9.17) is 5.73 Å². The van der Waals surface area contributed by atoms with Crippen LogP contribution in [-0.2, 0) is 20.6 Å². The smallest absolute Gasteiger partial charge is 0.346 e. The van der Waals surface area contributed by atoms with Crippen molar-refractivity contribution in [3.05, 3.63) is 94.3 Å². The topological polar surface area (TPSA) is 125 Å². The van der Waals surface area contributed by atoms with E-state index < -0.39 is 47.2 Å². The lowest BCUT2D eigenvalue weighted by atomic mass is 9.83. The third kappa shape index (κ3) is 7.99. The fraction of sp³-hybridized carbons (Fsp3) is 0.405. The van der Waals surface area contributed by atoms with Gasteiger partial charge in [-0.15, -0.1) is 0 Å². The molecular weight excluding hydrogens is 654 g/mol. The molecule has 0 unspecified atom stereocenters. The van der Waals surface area contributed by atoms with Crippen molar-refractivity contribution in [3.8, 4) is 0 Å². The van der Waals surface area contributed by atoms with Crippen molar-refractivity contribution in [2.24, 2.45) is 11.7 Å². The van der Waals surface area contributed by atoms with E-state index in [9.17, 15) is 32.3 Å². The minimum Gasteiger partial charge on any atom is -0.346 e. The Balaban J connectivity index is 1.51. The molecule has 1 saturated heterocycles. The molecule has 13 heteroatoms. The molecule has 1 aliphatic carbocycles. The van der Waals surface area contributed by atoms with Crippen molar-refractivity contribution in [3.63, 3.8) is 0 Å². The Bertz CT molecular complexity index is 1720. The predicted molar refractivity (Wildman–Crippen MR) is 181 cm³/mol. The van der Waals surface area contributed by atoms with E-state index in [1.165, 1.54) is 36.1 Å². The SMILES string of the molecule is Cc1ccc(NC(=O)[C@H]2CCCN(C(=O)c3c(C)cccc3F)[C@H]2c2ccc(N(C(=O)CNC(=O)CN)C3CCCC3)cc2)cc1C(F)(F)F. The molecule has 9 nitrogen and oxygen atoms in total. The highest BCUT2D eigenvalue weighted by Gasteiger charge is 2.41. The molecule has 266 valence electrons. The number of carbonyl (C=O) groups is 4. The van der Waals surface area contributed by atoms with E-state index in [1.54, 1.807) is 42.2 Å². The van der Waals surface area contributed by atoms with Crippen LogP contribution < -0.4 is 21.3 Å². The number of likely N-dealkylation sites (tertiary alicyclic amines) is 1. The zero-order valence-electron chi connectivity index (χ0n) is 28.0. The van der Waals surface area contributed by atoms with Gasteiger partial charge in [-0.25, -0.2) is 4.39 Å². The molecule has 3 aromatic carbocycles. The lowest BCUT2D eigenvalue weighted by molar-refractivity contribution is -0.138. The Morgan fingerprint density at radius 2 is 1.62 bits per heavy atom. The van der Waals surface area contributed by atoms with Crippen molar-refractivity contribution in [1.29, 1.82) is 0 Å². The fourth-order valence-corrected chi connectivity index (χ4v) is 7.08. The standard InChI is InChI=1S/C37H41F4N5O4/c1-22-12-15-25(19-29(22)37(39,40)41)44-35(49)28-10-6-18-45(36(50)33-23(2)7-5-11-30(33)38)34(28)24-13-16-27(17-14-24)46(26-8-3-4-9-26)32(48)21-43-31(47)20-42/h5,7,11-17,19,26,28,34H,3-4,6,8-10,18,20-21,42H2,1-2H3,(H,43,47)(H,44,49)/t28-,34-/m0/s1. The molecule has 4 amide bonds. The van der Waals surface area contributed by atoms with Gasteiger partial charge in [-0.05, 0) is 86.6 Å². The summed E-state index contributed by atoms with van der Waals surface area (Å²) in [6.45, 7) is 2.67. The number of benzene rings is 3. The highest BCUT2D eigenvalue weighted by molar-refractivity contribution is 5.99. The molecule has 1 saturated carbocycles. The van der Waals surface area contributed by atoms with E-state index in [-0.39, 0.29) is 48.4 Å². The molecule has 0 spiro atoms. The Morgan fingerprint density at radius 1 is 0.920 bits per heavy atom. The molecule has 2 atom stereocenters. The first-order valence-electron chi connectivity index (χ1n) is 16.7. The number of nitrogens with one attached hydrogen (secondary N) is 2. The zero-order chi connectivity index (χ0) is 36.2. The number of piperidine rings is 1. The number of hydrogen-bond acceptors (Lipinski definition) is 5. The second-order valence-electron chi connectivity index (χ2n) is 12.9. The fourth-order valence-electron chi connectivity index (χ4n) is 7.08. The van der Waals surface area contributed by atoms with Crippen LogP contribution in [0.25, 0.3) is 0 Å². The van der Waals surface area contributed by atoms with Crippen LogP contribution in [0, 0.1) is 25.6 Å². The molecule has 4 N–H and O–H groups in total. The van der Waals surface area contributed by atoms with Gasteiger partial charge in [0.25, 0.3) is 5.91 Å². The minimum absolute atomic E-state index is 0.00931. The maximum absolute atomic E-state index is 15.1. The van der Waals surface area contributed by atoms with Crippen LogP contribution in [0.15, 0.2) is 60.7 Å². The number of anilines is 2. The third-order valence-electron chi connectivity index (χ3n) is 9.57. The van der Waals surface area contributed by atoms with Crippen LogP contribution >= 0.6 is 0 Å². The molecule has 1 aliphatic heterocycles. The number of carbonyl (C=O) groups excluding carboxylic acids is 4. The minimum atomic E-state index is -4.62. The number of hydrogen-bond donors (Lipinski definition) is 3. The largest absolute Gasteiger partial charge is 0.416 e. The summed E-state index contributed by atoms with van der Waals surface area (Å²) in [5.41, 5.74) is 5.87. The molecule has 0 bridgehead atoms. The Hall–Kier alpha value is -4.78. The van der Waals surface area contributed by atoms with Crippen LogP contribution in [-0.4, -0.2) is 54.2 Å². The van der Waals surface area contributed by atoms with Gasteiger partial charge in [0.1, 0.15) is 5.82 Å². The first-order chi connectivity index (χ1) is 23.8. The maximum atomic E-state index is 15.1. The summed E-state index contributed by atoms with van der Waals surface area (Å²) in [7, 11) is 0. The summed E-state index contributed by atoms with van der Waals surface area (Å²) in [6.07, 6.45) is -0.470. The first kappa shape index (κ1) is 36.5. The maximum Gasteiger partial charge on any atom is 0.416 e. The molecule has 0 aromatic heterocycles. The summed E-state index contributed by atoms with van der Waals surface area (Å²) in [5, 5.41) is 5.16. The number of nitrogens with two attached hydrogens (primary N) is 1. The average molecular weight is 696 g/mol. The van der Waals surface area contributed by atoms with E-state index >= 15 is 4.39 Å². The van der Waals surface area contributed by atoms with Crippen molar-refractivity contribution in [2.75, 3.05) is 29.9 Å². The van der Waals surface area contributed by atoms with E-state index in [0.717, 1.165) is 31.7 Å². The molecule has 5 rings (SSSR count). The molecule has 2 fully saturated rings. The van der Waals surface area contributed by atoms with Crippen LogP contribution in [0.4, 0.5) is 28.9 Å². The second-order valence-corrected chi connectivity index (χ2v) is 12.9. The van der Waals surface area contributed by atoms with Crippen molar-refractivity contribution in [1.82, 2.24) is 10.2 Å². The van der Waals surface area contributed by atoms with Crippen molar-refractivity contribution < 1.29 is 36.7 Å². The lowest BCUT2D eigenvalue weighted by Gasteiger charge is -2.41. The van der Waals surface area contributed by atoms with Crippen molar-refractivity contribution in [2.45, 2.75) is 70.6 Å². The van der Waals surface area contributed by atoms with Crippen LogP contribution in [0.2, 0.25) is 0 Å². The predicted octanol–water partition coefficient (Wildman–Crippen LogP) is 6.04.